The van der Waals surface area contributed by atoms with Crippen molar-refractivity contribution >= 4 is 28.1 Å². The summed E-state index contributed by atoms with van der Waals surface area (Å²) in [5.41, 5.74) is 2.34. The van der Waals surface area contributed by atoms with Crippen LogP contribution in [0.25, 0.3) is 5.57 Å². The van der Waals surface area contributed by atoms with Gasteiger partial charge in [0.15, 0.2) is 5.82 Å². The average Bonchev–Trinajstić information content (AvgIpc) is 3.52. The van der Waals surface area contributed by atoms with E-state index in [1.807, 2.05) is 6.20 Å². The maximum absolute atomic E-state index is 12.8. The quantitative estimate of drug-likeness (QED) is 0.545. The summed E-state index contributed by atoms with van der Waals surface area (Å²) in [5.74, 6) is 6.08. The lowest BCUT2D eigenvalue weighted by atomic mass is 9.76. The third kappa shape index (κ3) is 3.56. The Kier molecular flexibility index (Phi) is 5.14. The minimum absolute atomic E-state index is 0.299. The molecule has 1 saturated carbocycles. The average molecular weight is 473 g/mol. The number of aryl methyl sites for hydroxylation is 1. The second-order valence-electron chi connectivity index (χ2n) is 8.81. The fraction of sp³-hybridized carbons (Fsp3) is 0.375. The molecule has 0 unspecified atom stereocenters. The first-order valence-electron chi connectivity index (χ1n) is 11.5. The van der Waals surface area contributed by atoms with Crippen LogP contribution in [0.5, 0.6) is 0 Å². The number of nitrogens with one attached hydrogen (secondary N) is 2. The molecule has 1 fully saturated rings. The van der Waals surface area contributed by atoms with Gasteiger partial charge in [-0.05, 0) is 31.3 Å². The van der Waals surface area contributed by atoms with Crippen LogP contribution >= 0.6 is 0 Å². The van der Waals surface area contributed by atoms with Crippen LogP contribution in [0, 0.1) is 12.3 Å². The number of hydrogen-bond acceptors (Lipinski definition) is 8. The Morgan fingerprint density at radius 1 is 1.18 bits per heavy atom. The highest BCUT2D eigenvalue weighted by Crippen LogP contribution is 2.44. The maximum Gasteiger partial charge on any atom is 0.227 e. The van der Waals surface area contributed by atoms with Crippen molar-refractivity contribution in [3.63, 3.8) is 0 Å². The smallest absolute Gasteiger partial charge is 0.227 e. The third-order valence-electron chi connectivity index (χ3n) is 6.79. The number of nitrogens with zero attached hydrogens (tertiary/aromatic N) is 6. The molecule has 0 spiro atoms. The summed E-state index contributed by atoms with van der Waals surface area (Å²) in [7, 11) is -1.09. The first-order valence-corrected chi connectivity index (χ1v) is 12.8. The van der Waals surface area contributed by atoms with Gasteiger partial charge in [-0.2, -0.15) is 4.98 Å². The van der Waals surface area contributed by atoms with Crippen molar-refractivity contribution in [1.82, 2.24) is 29.9 Å². The number of hydrogen-bond donors (Lipinski definition) is 2. The van der Waals surface area contributed by atoms with E-state index in [9.17, 15) is 4.21 Å². The number of aromatic amines is 1. The van der Waals surface area contributed by atoms with Crippen molar-refractivity contribution in [2.24, 2.45) is 0 Å². The molecule has 34 heavy (non-hydrogen) atoms. The van der Waals surface area contributed by atoms with E-state index in [2.05, 4.69) is 42.1 Å². The first-order chi connectivity index (χ1) is 16.6. The molecule has 1 atom stereocenters. The summed E-state index contributed by atoms with van der Waals surface area (Å²) in [4.78, 5) is 29.2. The molecule has 2 N–H and O–H groups in total. The second kappa shape index (κ2) is 8.33. The van der Waals surface area contributed by atoms with E-state index in [0.29, 0.717) is 41.9 Å². The van der Waals surface area contributed by atoms with Crippen molar-refractivity contribution in [1.29, 1.82) is 0 Å². The molecule has 9 nitrogen and oxygen atoms in total. The molecule has 3 aromatic rings. The molecule has 0 radical (unpaired) electrons. The molecule has 0 aromatic carbocycles. The third-order valence-corrected chi connectivity index (χ3v) is 8.25. The summed E-state index contributed by atoms with van der Waals surface area (Å²) < 4.78 is 12.8. The number of terminal acetylenes is 1. The zero-order valence-corrected chi connectivity index (χ0v) is 19.4. The molecule has 0 saturated heterocycles. The lowest BCUT2D eigenvalue weighted by Crippen LogP contribution is -2.43. The number of imidazole rings is 1. The minimum atomic E-state index is -1.09. The van der Waals surface area contributed by atoms with E-state index in [0.717, 1.165) is 54.2 Å². The topological polar surface area (TPSA) is 113 Å². The van der Waals surface area contributed by atoms with Crippen LogP contribution in [0.15, 0.2) is 35.8 Å². The van der Waals surface area contributed by atoms with Gasteiger partial charge in [-0.15, -0.1) is 6.42 Å². The molecular weight excluding hydrogens is 448 g/mol. The van der Waals surface area contributed by atoms with Gasteiger partial charge in [0.05, 0.1) is 27.6 Å². The normalized spacial score (nSPS) is 20.7. The monoisotopic (exact) mass is 472 g/mol. The molecular formula is C24H24N8OS. The molecule has 5 heterocycles. The van der Waals surface area contributed by atoms with E-state index < -0.39 is 10.8 Å². The van der Waals surface area contributed by atoms with Crippen LogP contribution < -0.4 is 10.2 Å². The molecule has 1 aliphatic carbocycles. The van der Waals surface area contributed by atoms with Gasteiger partial charge in [-0.25, -0.2) is 19.9 Å². The number of aromatic nitrogens is 6. The molecule has 0 amide bonds. The van der Waals surface area contributed by atoms with Crippen LogP contribution in [0.4, 0.5) is 11.8 Å². The standard InChI is InChI=1S/C24H24N8OS/c1-2-16-14-27-20(28-15-16)17-4-11-32(12-5-17)23-29-18-6-13-34(33)19(18)21(30-23)31-24(7-3-8-24)22-25-9-10-26-22/h1,4,9-10,14-15H,3,5-8,11-13H2,(H,25,26)(H,29,30,31)/t34-/m1/s1. The summed E-state index contributed by atoms with van der Waals surface area (Å²) in [6.45, 7) is 1.40. The fourth-order valence-corrected chi connectivity index (χ4v) is 6.04. The molecule has 0 bridgehead atoms. The van der Waals surface area contributed by atoms with Gasteiger partial charge in [-0.3, -0.25) is 4.21 Å². The van der Waals surface area contributed by atoms with Crippen LogP contribution in [0.2, 0.25) is 0 Å². The minimum Gasteiger partial charge on any atom is -0.356 e. The van der Waals surface area contributed by atoms with E-state index in [-0.39, 0.29) is 5.54 Å². The lowest BCUT2D eigenvalue weighted by molar-refractivity contribution is 0.268. The molecule has 172 valence electrons. The number of rotatable bonds is 5. The van der Waals surface area contributed by atoms with E-state index in [4.69, 9.17) is 16.4 Å². The van der Waals surface area contributed by atoms with Gasteiger partial charge in [-0.1, -0.05) is 12.0 Å². The second-order valence-corrected chi connectivity index (χ2v) is 10.3. The Labute approximate surface area is 200 Å². The predicted octanol–water partition coefficient (Wildman–Crippen LogP) is 2.42. The molecule has 2 aliphatic heterocycles. The first kappa shape index (κ1) is 21.0. The van der Waals surface area contributed by atoms with Gasteiger partial charge in [0.25, 0.3) is 0 Å². The number of anilines is 2. The lowest BCUT2D eigenvalue weighted by Gasteiger charge is -2.41. The van der Waals surface area contributed by atoms with Crippen LogP contribution in [-0.2, 0) is 22.8 Å². The molecule has 3 aromatic heterocycles. The highest BCUT2D eigenvalue weighted by atomic mass is 32.2. The van der Waals surface area contributed by atoms with Gasteiger partial charge < -0.3 is 15.2 Å². The van der Waals surface area contributed by atoms with Gasteiger partial charge in [0, 0.05) is 50.1 Å². The van der Waals surface area contributed by atoms with Gasteiger partial charge >= 0.3 is 0 Å². The SMILES string of the molecule is C#Cc1cnc(C2=CCN(c3nc4c(c(NC5(c6ncc[nH]6)CCC5)n3)[S@](=O)CC4)CC2)nc1. The highest BCUT2D eigenvalue weighted by Gasteiger charge is 2.43. The van der Waals surface area contributed by atoms with E-state index >= 15 is 0 Å². The van der Waals surface area contributed by atoms with Crippen molar-refractivity contribution in [2.45, 2.75) is 42.5 Å². The largest absolute Gasteiger partial charge is 0.356 e. The van der Waals surface area contributed by atoms with Crippen LogP contribution in [-0.4, -0.2) is 53.0 Å². The summed E-state index contributed by atoms with van der Waals surface area (Å²) in [6.07, 6.45) is 19.0. The zero-order chi connectivity index (χ0) is 23.1. The van der Waals surface area contributed by atoms with Crippen molar-refractivity contribution in [2.75, 3.05) is 29.1 Å². The molecule has 10 heteroatoms. The Balaban J connectivity index is 1.29. The van der Waals surface area contributed by atoms with Gasteiger partial charge in [0.1, 0.15) is 16.5 Å². The highest BCUT2D eigenvalue weighted by molar-refractivity contribution is 7.85. The van der Waals surface area contributed by atoms with E-state index in [1.54, 1.807) is 18.6 Å². The van der Waals surface area contributed by atoms with Crippen LogP contribution in [0.3, 0.4) is 0 Å². The summed E-state index contributed by atoms with van der Waals surface area (Å²) in [6, 6.07) is 0. The maximum atomic E-state index is 12.8. The molecule has 6 rings (SSSR count). The summed E-state index contributed by atoms with van der Waals surface area (Å²) >= 11 is 0. The Morgan fingerprint density at radius 3 is 2.68 bits per heavy atom. The van der Waals surface area contributed by atoms with Crippen molar-refractivity contribution in [3.8, 4) is 12.3 Å². The van der Waals surface area contributed by atoms with Crippen LogP contribution in [0.1, 0.15) is 48.6 Å². The number of fused-ring (bicyclic) bond motifs is 1. The predicted molar refractivity (Wildman–Crippen MR) is 130 cm³/mol. The van der Waals surface area contributed by atoms with Crippen molar-refractivity contribution < 1.29 is 4.21 Å². The molecule has 3 aliphatic rings. The fourth-order valence-electron chi connectivity index (χ4n) is 4.74. The Morgan fingerprint density at radius 2 is 2.03 bits per heavy atom. The van der Waals surface area contributed by atoms with Crippen molar-refractivity contribution in [3.05, 3.63) is 53.8 Å². The van der Waals surface area contributed by atoms with E-state index in [1.165, 1.54) is 0 Å². The Bertz CT molecular complexity index is 1320. The Hall–Kier alpha value is -3.58. The summed E-state index contributed by atoms with van der Waals surface area (Å²) in [5, 5.41) is 3.63. The van der Waals surface area contributed by atoms with Gasteiger partial charge in [0.2, 0.25) is 5.95 Å². The number of H-pyrrole nitrogens is 1. The zero-order valence-electron chi connectivity index (χ0n) is 18.6.